The molecule has 0 unspecified atom stereocenters. The zero-order valence-electron chi connectivity index (χ0n) is 16.7. The van der Waals surface area contributed by atoms with Crippen LogP contribution in [0.25, 0.3) is 0 Å². The van der Waals surface area contributed by atoms with Crippen molar-refractivity contribution in [2.24, 2.45) is 0 Å². The van der Waals surface area contributed by atoms with Gasteiger partial charge in [0.2, 0.25) is 0 Å². The van der Waals surface area contributed by atoms with E-state index >= 15 is 0 Å². The molecule has 0 N–H and O–H groups in total. The lowest BCUT2D eigenvalue weighted by molar-refractivity contribution is -0.123. The maximum Gasteiger partial charge on any atom is 0.268 e. The summed E-state index contributed by atoms with van der Waals surface area (Å²) in [5.74, 6) is -2.30. The van der Waals surface area contributed by atoms with Gasteiger partial charge in [0.05, 0.1) is 12.2 Å². The molecule has 2 heterocycles. The second-order valence-corrected chi connectivity index (χ2v) is 8.89. The van der Waals surface area contributed by atoms with Crippen molar-refractivity contribution < 1.29 is 22.8 Å². The first-order valence-corrected chi connectivity index (χ1v) is 11.0. The van der Waals surface area contributed by atoms with Gasteiger partial charge in [-0.2, -0.15) is 0 Å². The molecule has 2 aliphatic heterocycles. The van der Waals surface area contributed by atoms with Crippen molar-refractivity contribution >= 4 is 29.3 Å². The molecule has 1 saturated heterocycles. The fourth-order valence-electron chi connectivity index (χ4n) is 4.32. The van der Waals surface area contributed by atoms with Crippen LogP contribution >= 0.6 is 11.8 Å². The van der Waals surface area contributed by atoms with Crippen LogP contribution in [0.15, 0.2) is 66.7 Å². The topological polar surface area (TPSA) is 40.6 Å². The SMILES string of the molecule is O=C(c1cccc(F)c1)N1CCS[C@@]12C(=O)N(Cc1ccc(F)cc1F)c1ccccc12. The van der Waals surface area contributed by atoms with E-state index in [2.05, 4.69) is 0 Å². The Hall–Kier alpha value is -3.26. The molecule has 3 aromatic rings. The summed E-state index contributed by atoms with van der Waals surface area (Å²) in [6, 6.07) is 15.7. The van der Waals surface area contributed by atoms with Gasteiger partial charge in [0.1, 0.15) is 17.5 Å². The molecule has 3 aromatic carbocycles. The highest BCUT2D eigenvalue weighted by molar-refractivity contribution is 8.01. The molecule has 0 bridgehead atoms. The number of nitrogens with zero attached hydrogens (tertiary/aromatic N) is 2. The summed E-state index contributed by atoms with van der Waals surface area (Å²) in [4.78, 5) is 28.7. The Morgan fingerprint density at radius 1 is 0.969 bits per heavy atom. The van der Waals surface area contributed by atoms with E-state index in [1.807, 2.05) is 0 Å². The van der Waals surface area contributed by atoms with Crippen molar-refractivity contribution in [1.82, 2.24) is 4.90 Å². The van der Waals surface area contributed by atoms with Gasteiger partial charge in [0, 0.05) is 35.1 Å². The zero-order valence-corrected chi connectivity index (χ0v) is 17.5. The molecule has 5 rings (SSSR count). The van der Waals surface area contributed by atoms with Crippen LogP contribution in [0.4, 0.5) is 18.9 Å². The number of para-hydroxylation sites is 1. The zero-order chi connectivity index (χ0) is 22.5. The summed E-state index contributed by atoms with van der Waals surface area (Å²) < 4.78 is 41.5. The van der Waals surface area contributed by atoms with Crippen LogP contribution in [-0.2, 0) is 16.2 Å². The molecule has 1 spiro atoms. The minimum absolute atomic E-state index is 0.105. The molecule has 4 nitrogen and oxygen atoms in total. The van der Waals surface area contributed by atoms with E-state index in [9.17, 15) is 22.8 Å². The summed E-state index contributed by atoms with van der Waals surface area (Å²) in [6.07, 6.45) is 0. The minimum Gasteiger partial charge on any atom is -0.311 e. The van der Waals surface area contributed by atoms with Crippen LogP contribution in [0.5, 0.6) is 0 Å². The Kier molecular flexibility index (Phi) is 4.97. The number of rotatable bonds is 3. The van der Waals surface area contributed by atoms with Crippen molar-refractivity contribution in [2.75, 3.05) is 17.2 Å². The summed E-state index contributed by atoms with van der Waals surface area (Å²) in [5.41, 5.74) is 1.50. The highest BCUT2D eigenvalue weighted by atomic mass is 32.2. The Morgan fingerprint density at radius 2 is 1.75 bits per heavy atom. The summed E-state index contributed by atoms with van der Waals surface area (Å²) in [6.45, 7) is 0.200. The first kappa shape index (κ1) is 20.6. The van der Waals surface area contributed by atoms with E-state index < -0.39 is 28.2 Å². The van der Waals surface area contributed by atoms with Crippen molar-refractivity contribution in [1.29, 1.82) is 0 Å². The van der Waals surface area contributed by atoms with Gasteiger partial charge in [-0.05, 0) is 30.3 Å². The molecule has 162 valence electrons. The first-order valence-electron chi connectivity index (χ1n) is 9.99. The number of benzene rings is 3. The molecule has 1 atom stereocenters. The average molecular weight is 454 g/mol. The Bertz CT molecular complexity index is 1250. The van der Waals surface area contributed by atoms with Crippen LogP contribution in [0.2, 0.25) is 0 Å². The number of hydrogen-bond acceptors (Lipinski definition) is 3. The van der Waals surface area contributed by atoms with Crippen LogP contribution < -0.4 is 4.90 Å². The van der Waals surface area contributed by atoms with Gasteiger partial charge in [0.15, 0.2) is 4.87 Å². The molecule has 2 aliphatic rings. The number of thioether (sulfide) groups is 1. The van der Waals surface area contributed by atoms with E-state index in [0.29, 0.717) is 23.5 Å². The van der Waals surface area contributed by atoms with Crippen LogP contribution in [-0.4, -0.2) is 29.0 Å². The van der Waals surface area contributed by atoms with Gasteiger partial charge in [-0.25, -0.2) is 13.2 Å². The van der Waals surface area contributed by atoms with Gasteiger partial charge >= 0.3 is 0 Å². The van der Waals surface area contributed by atoms with Gasteiger partial charge in [-0.1, -0.05) is 30.3 Å². The smallest absolute Gasteiger partial charge is 0.268 e. The molecule has 1 fully saturated rings. The molecule has 0 aromatic heterocycles. The average Bonchev–Trinajstić information content (AvgIpc) is 3.32. The van der Waals surface area contributed by atoms with Crippen LogP contribution in [0, 0.1) is 17.5 Å². The lowest BCUT2D eigenvalue weighted by Crippen LogP contribution is -2.50. The van der Waals surface area contributed by atoms with Gasteiger partial charge in [0.25, 0.3) is 11.8 Å². The highest BCUT2D eigenvalue weighted by Gasteiger charge is 2.59. The predicted octanol–water partition coefficient (Wildman–Crippen LogP) is 4.69. The summed E-state index contributed by atoms with van der Waals surface area (Å²) in [5, 5.41) is 0. The van der Waals surface area contributed by atoms with Gasteiger partial charge < -0.3 is 9.80 Å². The molecule has 32 heavy (non-hydrogen) atoms. The standard InChI is InChI=1S/C24H17F3N2O2S/c25-17-5-3-4-15(12-17)22(30)29-10-11-32-24(29)19-6-1-2-7-21(19)28(23(24)31)14-16-8-9-18(26)13-20(16)27/h1-9,12-13H,10-11,14H2/t24-/m0/s1. The molecule has 8 heteroatoms. The van der Waals surface area contributed by atoms with Crippen molar-refractivity contribution in [3.05, 3.63) is 101 Å². The van der Waals surface area contributed by atoms with E-state index in [4.69, 9.17) is 0 Å². The number of hydrogen-bond donors (Lipinski definition) is 0. The minimum atomic E-state index is -1.32. The van der Waals surface area contributed by atoms with E-state index in [1.165, 1.54) is 45.8 Å². The van der Waals surface area contributed by atoms with Crippen molar-refractivity contribution in [2.45, 2.75) is 11.4 Å². The quantitative estimate of drug-likeness (QED) is 0.577. The predicted molar refractivity (Wildman–Crippen MR) is 116 cm³/mol. The maximum atomic E-state index is 14.4. The molecule has 0 radical (unpaired) electrons. The van der Waals surface area contributed by atoms with E-state index in [0.717, 1.165) is 18.2 Å². The summed E-state index contributed by atoms with van der Waals surface area (Å²) >= 11 is 1.33. The third-order valence-electron chi connectivity index (χ3n) is 5.76. The number of fused-ring (bicyclic) bond motifs is 2. The first-order chi connectivity index (χ1) is 15.4. The van der Waals surface area contributed by atoms with Crippen LogP contribution in [0.3, 0.4) is 0 Å². The normalized spacial score (nSPS) is 19.7. The Labute approximate surface area is 186 Å². The third-order valence-corrected chi connectivity index (χ3v) is 7.18. The van der Waals surface area contributed by atoms with Gasteiger partial charge in [-0.3, -0.25) is 9.59 Å². The lowest BCUT2D eigenvalue weighted by atomic mass is 10.0. The Balaban J connectivity index is 1.58. The fraction of sp³-hybridized carbons (Fsp3) is 0.167. The maximum absolute atomic E-state index is 14.4. The third kappa shape index (κ3) is 3.09. The molecule has 2 amide bonds. The second-order valence-electron chi connectivity index (χ2n) is 7.60. The summed E-state index contributed by atoms with van der Waals surface area (Å²) in [7, 11) is 0. The number of anilines is 1. The monoisotopic (exact) mass is 454 g/mol. The molecular weight excluding hydrogens is 437 g/mol. The Morgan fingerprint density at radius 3 is 2.53 bits per heavy atom. The highest BCUT2D eigenvalue weighted by Crippen LogP contribution is 2.54. The number of carbonyl (C=O) groups is 2. The molecule has 0 saturated carbocycles. The van der Waals surface area contributed by atoms with Crippen LogP contribution in [0.1, 0.15) is 21.5 Å². The van der Waals surface area contributed by atoms with E-state index in [-0.39, 0.29) is 23.6 Å². The molecular formula is C24H17F3N2O2S. The largest absolute Gasteiger partial charge is 0.311 e. The van der Waals surface area contributed by atoms with E-state index in [1.54, 1.807) is 24.3 Å². The number of halogens is 3. The lowest BCUT2D eigenvalue weighted by Gasteiger charge is -2.33. The fourth-order valence-corrected chi connectivity index (χ4v) is 5.78. The van der Waals surface area contributed by atoms with Crippen molar-refractivity contribution in [3.8, 4) is 0 Å². The second kappa shape index (κ2) is 7.70. The molecule has 0 aliphatic carbocycles. The van der Waals surface area contributed by atoms with Gasteiger partial charge in [-0.15, -0.1) is 11.8 Å². The number of carbonyl (C=O) groups excluding carboxylic acids is 2. The van der Waals surface area contributed by atoms with Crippen molar-refractivity contribution in [3.63, 3.8) is 0 Å². The number of amides is 2.